The number of hydrogen-bond acceptors (Lipinski definition) is 6. The van der Waals surface area contributed by atoms with Crippen LogP contribution in [0.25, 0.3) is 5.69 Å². The molecule has 0 aliphatic rings. The molecule has 0 spiro atoms. The van der Waals surface area contributed by atoms with Crippen LogP contribution in [0.1, 0.15) is 29.2 Å². The number of nitrogens with one attached hydrogen (secondary N) is 1. The largest absolute Gasteiger partial charge is 0.481 e. The Labute approximate surface area is 210 Å². The number of aromatic nitrogens is 3. The molecule has 1 amide bonds. The fourth-order valence-corrected chi connectivity index (χ4v) is 4.20. The molecule has 0 bridgehead atoms. The molecule has 8 nitrogen and oxygen atoms in total. The summed E-state index contributed by atoms with van der Waals surface area (Å²) in [4.78, 5) is 23.5. The van der Waals surface area contributed by atoms with Gasteiger partial charge in [0.2, 0.25) is 5.91 Å². The maximum Gasteiger partial charge on any atom is 0.335 e. The SMILES string of the molecule is CC(Oc1ccccc1Cl)c1nnc(SCC(=O)Nc2ccc(C(=O)O)cc2)n1-c1ccccc1. The number of carbonyl (C=O) groups is 2. The minimum absolute atomic E-state index is 0.0748. The molecule has 0 saturated carbocycles. The van der Waals surface area contributed by atoms with E-state index in [1.54, 1.807) is 24.3 Å². The monoisotopic (exact) mass is 508 g/mol. The number of anilines is 1. The third-order valence-corrected chi connectivity index (χ3v) is 6.17. The molecular weight excluding hydrogens is 488 g/mol. The summed E-state index contributed by atoms with van der Waals surface area (Å²) >= 11 is 7.47. The molecule has 1 atom stereocenters. The molecule has 1 aromatic heterocycles. The summed E-state index contributed by atoms with van der Waals surface area (Å²) in [6.45, 7) is 1.86. The third-order valence-electron chi connectivity index (χ3n) is 4.92. The molecule has 4 aromatic rings. The molecule has 0 fully saturated rings. The summed E-state index contributed by atoms with van der Waals surface area (Å²) in [5, 5.41) is 21.4. The van der Waals surface area contributed by atoms with Crippen LogP contribution in [-0.2, 0) is 4.79 Å². The van der Waals surface area contributed by atoms with E-state index >= 15 is 0 Å². The van der Waals surface area contributed by atoms with Crippen LogP contribution >= 0.6 is 23.4 Å². The highest BCUT2D eigenvalue weighted by Crippen LogP contribution is 2.31. The number of carbonyl (C=O) groups excluding carboxylic acids is 1. The van der Waals surface area contributed by atoms with Crippen molar-refractivity contribution < 1.29 is 19.4 Å². The van der Waals surface area contributed by atoms with Crippen molar-refractivity contribution in [3.8, 4) is 11.4 Å². The second-order valence-electron chi connectivity index (χ2n) is 7.42. The molecule has 3 aromatic carbocycles. The van der Waals surface area contributed by atoms with Gasteiger partial charge in [0.05, 0.1) is 16.3 Å². The Kier molecular flexibility index (Phi) is 7.69. The lowest BCUT2D eigenvalue weighted by atomic mass is 10.2. The van der Waals surface area contributed by atoms with Crippen LogP contribution in [0.2, 0.25) is 5.02 Å². The van der Waals surface area contributed by atoms with Crippen molar-refractivity contribution in [2.45, 2.75) is 18.2 Å². The number of hydrogen-bond donors (Lipinski definition) is 2. The van der Waals surface area contributed by atoms with Crippen LogP contribution in [0.4, 0.5) is 5.69 Å². The van der Waals surface area contributed by atoms with Crippen molar-refractivity contribution in [3.63, 3.8) is 0 Å². The van der Waals surface area contributed by atoms with Crippen LogP contribution in [0.15, 0.2) is 84.0 Å². The summed E-state index contributed by atoms with van der Waals surface area (Å²) < 4.78 is 7.90. The number of thioether (sulfide) groups is 1. The van der Waals surface area contributed by atoms with Gasteiger partial charge in [0.15, 0.2) is 17.1 Å². The highest BCUT2D eigenvalue weighted by Gasteiger charge is 2.22. The van der Waals surface area contributed by atoms with Crippen LogP contribution in [0, 0.1) is 0 Å². The number of halogens is 1. The average Bonchev–Trinajstić information content (AvgIpc) is 3.29. The third kappa shape index (κ3) is 6.00. The Bertz CT molecular complexity index is 1330. The molecule has 35 heavy (non-hydrogen) atoms. The minimum atomic E-state index is -1.03. The first kappa shape index (κ1) is 24.3. The fourth-order valence-electron chi connectivity index (χ4n) is 3.26. The highest BCUT2D eigenvalue weighted by molar-refractivity contribution is 7.99. The van der Waals surface area contributed by atoms with Gasteiger partial charge in [0.1, 0.15) is 5.75 Å². The van der Waals surface area contributed by atoms with Crippen molar-refractivity contribution in [1.82, 2.24) is 14.8 Å². The van der Waals surface area contributed by atoms with Crippen molar-refractivity contribution in [2.75, 3.05) is 11.1 Å². The first-order chi connectivity index (χ1) is 16.9. The quantitative estimate of drug-likeness (QED) is 0.288. The van der Waals surface area contributed by atoms with Crippen molar-refractivity contribution in [3.05, 3.63) is 95.3 Å². The molecule has 0 saturated heterocycles. The Hall–Kier alpha value is -3.82. The molecule has 0 radical (unpaired) electrons. The molecular formula is C25H21ClN4O4S. The molecule has 178 valence electrons. The normalized spacial score (nSPS) is 11.6. The Morgan fingerprint density at radius 1 is 1.03 bits per heavy atom. The van der Waals surface area contributed by atoms with E-state index in [4.69, 9.17) is 21.4 Å². The fraction of sp³-hybridized carbons (Fsp3) is 0.120. The van der Waals surface area contributed by atoms with E-state index in [1.807, 2.05) is 54.0 Å². The smallest absolute Gasteiger partial charge is 0.335 e. The van der Waals surface area contributed by atoms with Gasteiger partial charge in [0.25, 0.3) is 0 Å². The summed E-state index contributed by atoms with van der Waals surface area (Å²) in [7, 11) is 0. The molecule has 0 aliphatic carbocycles. The van der Waals surface area contributed by atoms with Crippen molar-refractivity contribution in [1.29, 1.82) is 0 Å². The number of aromatic carboxylic acids is 1. The lowest BCUT2D eigenvalue weighted by Gasteiger charge is -2.17. The van der Waals surface area contributed by atoms with Crippen LogP contribution in [-0.4, -0.2) is 37.5 Å². The molecule has 2 N–H and O–H groups in total. The highest BCUT2D eigenvalue weighted by atomic mass is 35.5. The van der Waals surface area contributed by atoms with E-state index in [1.165, 1.54) is 23.9 Å². The van der Waals surface area contributed by atoms with Gasteiger partial charge in [-0.3, -0.25) is 9.36 Å². The van der Waals surface area contributed by atoms with Gasteiger partial charge in [-0.2, -0.15) is 0 Å². The van der Waals surface area contributed by atoms with Gasteiger partial charge >= 0.3 is 5.97 Å². The van der Waals surface area contributed by atoms with Crippen LogP contribution in [0.5, 0.6) is 5.75 Å². The number of nitrogens with zero attached hydrogens (tertiary/aromatic N) is 3. The first-order valence-corrected chi connectivity index (χ1v) is 12.0. The van der Waals surface area contributed by atoms with Gasteiger partial charge in [-0.15, -0.1) is 10.2 Å². The summed E-state index contributed by atoms with van der Waals surface area (Å²) in [6, 6.07) is 22.7. The lowest BCUT2D eigenvalue weighted by molar-refractivity contribution is -0.113. The van der Waals surface area contributed by atoms with Gasteiger partial charge in [-0.05, 0) is 55.5 Å². The Balaban J connectivity index is 1.51. The Morgan fingerprint density at radius 2 is 1.71 bits per heavy atom. The average molecular weight is 509 g/mol. The number of para-hydroxylation sites is 2. The summed E-state index contributed by atoms with van der Waals surface area (Å²) in [5.74, 6) is -0.120. The number of amides is 1. The molecule has 0 aliphatic heterocycles. The van der Waals surface area contributed by atoms with E-state index in [2.05, 4.69) is 15.5 Å². The second-order valence-corrected chi connectivity index (χ2v) is 8.77. The van der Waals surface area contributed by atoms with E-state index < -0.39 is 12.1 Å². The van der Waals surface area contributed by atoms with Gasteiger partial charge in [0, 0.05) is 11.4 Å². The standard InChI is InChI=1S/C25H21ClN4O4S/c1-16(34-21-10-6-5-9-20(21)26)23-28-29-25(30(23)19-7-3-2-4-8-19)35-15-22(31)27-18-13-11-17(12-14-18)24(32)33/h2-14,16H,15H2,1H3,(H,27,31)(H,32,33). The maximum absolute atomic E-state index is 12.5. The second kappa shape index (κ2) is 11.1. The summed E-state index contributed by atoms with van der Waals surface area (Å²) in [5.41, 5.74) is 1.48. The number of rotatable bonds is 9. The molecule has 1 unspecified atom stereocenters. The van der Waals surface area contributed by atoms with E-state index in [0.717, 1.165) is 5.69 Å². The zero-order chi connectivity index (χ0) is 24.8. The number of carboxylic acid groups (broad SMARTS) is 1. The number of carboxylic acids is 1. The summed E-state index contributed by atoms with van der Waals surface area (Å²) in [6.07, 6.45) is -0.474. The minimum Gasteiger partial charge on any atom is -0.481 e. The lowest BCUT2D eigenvalue weighted by Crippen LogP contribution is -2.15. The van der Waals surface area contributed by atoms with Crippen molar-refractivity contribution in [2.24, 2.45) is 0 Å². The van der Waals surface area contributed by atoms with E-state index in [0.29, 0.717) is 27.4 Å². The van der Waals surface area contributed by atoms with Gasteiger partial charge < -0.3 is 15.2 Å². The molecule has 1 heterocycles. The van der Waals surface area contributed by atoms with E-state index in [9.17, 15) is 9.59 Å². The topological polar surface area (TPSA) is 106 Å². The zero-order valence-electron chi connectivity index (χ0n) is 18.6. The van der Waals surface area contributed by atoms with Crippen LogP contribution in [0.3, 0.4) is 0 Å². The maximum atomic E-state index is 12.5. The first-order valence-electron chi connectivity index (χ1n) is 10.6. The number of benzene rings is 3. The number of ether oxygens (including phenoxy) is 1. The van der Waals surface area contributed by atoms with Crippen molar-refractivity contribution >= 4 is 40.9 Å². The zero-order valence-corrected chi connectivity index (χ0v) is 20.2. The van der Waals surface area contributed by atoms with Crippen LogP contribution < -0.4 is 10.1 Å². The Morgan fingerprint density at radius 3 is 2.40 bits per heavy atom. The predicted molar refractivity (Wildman–Crippen MR) is 135 cm³/mol. The molecule has 4 rings (SSSR count). The predicted octanol–water partition coefficient (Wildman–Crippen LogP) is 5.49. The van der Waals surface area contributed by atoms with E-state index in [-0.39, 0.29) is 17.2 Å². The van der Waals surface area contributed by atoms with Gasteiger partial charge in [-0.1, -0.05) is 53.7 Å². The molecule has 10 heteroatoms. The van der Waals surface area contributed by atoms with Gasteiger partial charge in [-0.25, -0.2) is 4.79 Å².